The van der Waals surface area contributed by atoms with E-state index in [4.69, 9.17) is 0 Å². The average molecular weight is 360 g/mol. The summed E-state index contributed by atoms with van der Waals surface area (Å²) in [6, 6.07) is 0. The van der Waals surface area contributed by atoms with Gasteiger partial charge in [-0.2, -0.15) is 0 Å². The summed E-state index contributed by atoms with van der Waals surface area (Å²) in [5.74, 6) is 1.08. The second kappa shape index (κ2) is 7.88. The number of rotatable bonds is 5. The van der Waals surface area contributed by atoms with Crippen LogP contribution in [0.5, 0.6) is 0 Å². The van der Waals surface area contributed by atoms with Crippen molar-refractivity contribution in [3.8, 4) is 0 Å². The van der Waals surface area contributed by atoms with Crippen LogP contribution in [-0.4, -0.2) is 52.4 Å². The van der Waals surface area contributed by atoms with E-state index >= 15 is 0 Å². The first-order valence-corrected chi connectivity index (χ1v) is 9.33. The van der Waals surface area contributed by atoms with Gasteiger partial charge in [0, 0.05) is 36.8 Å². The molecule has 1 amide bonds. The zero-order chi connectivity index (χ0) is 17.8. The Balaban J connectivity index is 1.76. The van der Waals surface area contributed by atoms with Gasteiger partial charge in [-0.3, -0.25) is 14.7 Å². The zero-order valence-electron chi connectivity index (χ0n) is 14.9. The fourth-order valence-corrected chi connectivity index (χ4v) is 3.89. The Kier molecular flexibility index (Phi) is 5.60. The minimum atomic E-state index is 0.0480. The van der Waals surface area contributed by atoms with Gasteiger partial charge in [-0.1, -0.05) is 0 Å². The van der Waals surface area contributed by atoms with Crippen molar-refractivity contribution in [2.24, 2.45) is 0 Å². The number of aryl methyl sites for hydroxylation is 2. The molecule has 2 aromatic heterocycles. The summed E-state index contributed by atoms with van der Waals surface area (Å²) in [4.78, 5) is 28.7. The average Bonchev–Trinajstić information content (AvgIpc) is 2.93. The van der Waals surface area contributed by atoms with Crippen molar-refractivity contribution in [3.05, 3.63) is 28.7 Å². The number of hydrogen-bond donors (Lipinski definition) is 2. The summed E-state index contributed by atoms with van der Waals surface area (Å²) in [5, 5.41) is 6.87. The Hall–Kier alpha value is -2.06. The Morgan fingerprint density at radius 2 is 2.16 bits per heavy atom. The van der Waals surface area contributed by atoms with Crippen LogP contribution < -0.4 is 10.6 Å². The first kappa shape index (κ1) is 17.8. The molecule has 0 aromatic carbocycles. The number of thiazole rings is 1. The first-order chi connectivity index (χ1) is 12.1. The molecule has 0 saturated carbocycles. The predicted octanol–water partition coefficient (Wildman–Crippen LogP) is 2.22. The van der Waals surface area contributed by atoms with Crippen LogP contribution in [0.4, 0.5) is 10.9 Å². The summed E-state index contributed by atoms with van der Waals surface area (Å²) in [6.45, 7) is 6.26. The van der Waals surface area contributed by atoms with Crippen LogP contribution in [0.2, 0.25) is 0 Å². The third-order valence-corrected chi connectivity index (χ3v) is 5.51. The van der Waals surface area contributed by atoms with Gasteiger partial charge in [0.1, 0.15) is 0 Å². The number of carbonyl (C=O) groups excluding carboxylic acids is 1. The largest absolute Gasteiger partial charge is 0.358 e. The maximum Gasteiger partial charge on any atom is 0.233 e. The van der Waals surface area contributed by atoms with E-state index in [1.54, 1.807) is 30.8 Å². The normalized spacial score (nSPS) is 18.1. The lowest BCUT2D eigenvalue weighted by molar-refractivity contribution is -0.122. The van der Waals surface area contributed by atoms with Crippen LogP contribution in [0.3, 0.4) is 0 Å². The standard InChI is InChI=1S/C17H24N6OS/c1-11-12(2)25-17(21-11)22-16-15(19-6-7-20-16)13-5-4-8-23(9-13)10-14(24)18-3/h6-7,13H,4-5,8-10H2,1-3H3,(H,18,24)(H,20,21,22)/t13-/m1/s1. The molecule has 0 aliphatic carbocycles. The molecule has 1 aliphatic heterocycles. The lowest BCUT2D eigenvalue weighted by Gasteiger charge is -2.32. The molecule has 134 valence electrons. The first-order valence-electron chi connectivity index (χ1n) is 8.51. The van der Waals surface area contributed by atoms with E-state index in [9.17, 15) is 4.79 Å². The molecule has 2 N–H and O–H groups in total. The lowest BCUT2D eigenvalue weighted by atomic mass is 9.94. The van der Waals surface area contributed by atoms with Gasteiger partial charge >= 0.3 is 0 Å². The Bertz CT molecular complexity index is 727. The maximum atomic E-state index is 11.7. The van der Waals surface area contributed by atoms with E-state index in [1.807, 2.05) is 6.92 Å². The van der Waals surface area contributed by atoms with Gasteiger partial charge in [0.15, 0.2) is 10.9 Å². The Morgan fingerprint density at radius 1 is 1.36 bits per heavy atom. The van der Waals surface area contributed by atoms with Gasteiger partial charge in [0.2, 0.25) is 5.91 Å². The quantitative estimate of drug-likeness (QED) is 0.851. The Labute approximate surface area is 151 Å². The summed E-state index contributed by atoms with van der Waals surface area (Å²) in [6.07, 6.45) is 5.53. The summed E-state index contributed by atoms with van der Waals surface area (Å²) in [5.41, 5.74) is 1.99. The van der Waals surface area contributed by atoms with Gasteiger partial charge in [-0.15, -0.1) is 11.3 Å². The van der Waals surface area contributed by atoms with Gasteiger partial charge in [0.05, 0.1) is 17.9 Å². The number of piperidine rings is 1. The Morgan fingerprint density at radius 3 is 2.88 bits per heavy atom. The number of nitrogens with zero attached hydrogens (tertiary/aromatic N) is 4. The van der Waals surface area contributed by atoms with Crippen LogP contribution in [-0.2, 0) is 4.79 Å². The van der Waals surface area contributed by atoms with Crippen molar-refractivity contribution < 1.29 is 4.79 Å². The van der Waals surface area contributed by atoms with Crippen molar-refractivity contribution in [3.63, 3.8) is 0 Å². The maximum absolute atomic E-state index is 11.7. The molecular formula is C17H24N6OS. The van der Waals surface area contributed by atoms with E-state index in [-0.39, 0.29) is 11.8 Å². The molecular weight excluding hydrogens is 336 g/mol. The smallest absolute Gasteiger partial charge is 0.233 e. The highest BCUT2D eigenvalue weighted by atomic mass is 32.1. The van der Waals surface area contributed by atoms with Crippen molar-refractivity contribution in [2.45, 2.75) is 32.6 Å². The number of hydrogen-bond acceptors (Lipinski definition) is 7. The minimum absolute atomic E-state index is 0.0480. The van der Waals surface area contributed by atoms with E-state index in [0.717, 1.165) is 48.3 Å². The van der Waals surface area contributed by atoms with Crippen molar-refractivity contribution in [1.29, 1.82) is 0 Å². The molecule has 3 heterocycles. The number of aromatic nitrogens is 3. The monoisotopic (exact) mass is 360 g/mol. The predicted molar refractivity (Wildman–Crippen MR) is 99.4 cm³/mol. The number of amides is 1. The topological polar surface area (TPSA) is 83.0 Å². The number of likely N-dealkylation sites (tertiary alicyclic amines) is 1. The van der Waals surface area contributed by atoms with E-state index in [0.29, 0.717) is 6.54 Å². The lowest BCUT2D eigenvalue weighted by Crippen LogP contribution is -2.41. The zero-order valence-corrected chi connectivity index (χ0v) is 15.7. The molecule has 8 heteroatoms. The summed E-state index contributed by atoms with van der Waals surface area (Å²) < 4.78 is 0. The highest BCUT2D eigenvalue weighted by Crippen LogP contribution is 2.32. The molecule has 3 rings (SSSR count). The second-order valence-electron chi connectivity index (χ2n) is 6.32. The molecule has 0 spiro atoms. The fraction of sp³-hybridized carbons (Fsp3) is 0.529. The third-order valence-electron chi connectivity index (χ3n) is 4.52. The minimum Gasteiger partial charge on any atom is -0.358 e. The number of carbonyl (C=O) groups is 1. The fourth-order valence-electron chi connectivity index (χ4n) is 3.08. The molecule has 0 bridgehead atoms. The van der Waals surface area contributed by atoms with Crippen molar-refractivity contribution in [2.75, 3.05) is 32.0 Å². The van der Waals surface area contributed by atoms with E-state index < -0.39 is 0 Å². The second-order valence-corrected chi connectivity index (χ2v) is 7.53. The van der Waals surface area contributed by atoms with Gasteiger partial charge in [-0.25, -0.2) is 9.97 Å². The summed E-state index contributed by atoms with van der Waals surface area (Å²) in [7, 11) is 1.67. The number of anilines is 2. The molecule has 1 fully saturated rings. The van der Waals surface area contributed by atoms with Gasteiger partial charge in [-0.05, 0) is 33.2 Å². The van der Waals surface area contributed by atoms with Gasteiger partial charge in [0.25, 0.3) is 0 Å². The van der Waals surface area contributed by atoms with Gasteiger partial charge < -0.3 is 10.6 Å². The summed E-state index contributed by atoms with van der Waals surface area (Å²) >= 11 is 1.62. The molecule has 1 aliphatic rings. The molecule has 0 radical (unpaired) electrons. The van der Waals surface area contributed by atoms with Crippen molar-refractivity contribution in [1.82, 2.24) is 25.2 Å². The SMILES string of the molecule is CNC(=O)CN1CCC[C@@H](c2nccnc2Nc2nc(C)c(C)s2)C1. The highest BCUT2D eigenvalue weighted by Gasteiger charge is 2.26. The van der Waals surface area contributed by atoms with Crippen LogP contribution in [0.15, 0.2) is 12.4 Å². The van der Waals surface area contributed by atoms with Crippen LogP contribution in [0.25, 0.3) is 0 Å². The molecule has 1 saturated heterocycles. The number of nitrogens with one attached hydrogen (secondary N) is 2. The molecule has 25 heavy (non-hydrogen) atoms. The van der Waals surface area contributed by atoms with Crippen LogP contribution in [0, 0.1) is 13.8 Å². The van der Waals surface area contributed by atoms with Crippen molar-refractivity contribution >= 4 is 28.2 Å². The van der Waals surface area contributed by atoms with Crippen LogP contribution >= 0.6 is 11.3 Å². The van der Waals surface area contributed by atoms with E-state index in [2.05, 4.69) is 37.4 Å². The molecule has 7 nitrogen and oxygen atoms in total. The molecule has 1 atom stereocenters. The molecule has 2 aromatic rings. The molecule has 0 unspecified atom stereocenters. The number of likely N-dealkylation sites (N-methyl/N-ethyl adjacent to an activating group) is 1. The third kappa shape index (κ3) is 4.32. The van der Waals surface area contributed by atoms with Crippen LogP contribution in [0.1, 0.15) is 35.0 Å². The van der Waals surface area contributed by atoms with E-state index in [1.165, 1.54) is 4.88 Å². The highest BCUT2D eigenvalue weighted by molar-refractivity contribution is 7.15.